The average molecular weight is 520 g/mol. The Labute approximate surface area is 228 Å². The average Bonchev–Trinajstić information content (AvgIpc) is 3.49. The van der Waals surface area contributed by atoms with E-state index in [9.17, 15) is 4.79 Å². The van der Waals surface area contributed by atoms with Gasteiger partial charge in [-0.05, 0) is 57.7 Å². The van der Waals surface area contributed by atoms with Gasteiger partial charge in [0.05, 0.1) is 35.1 Å². The second-order valence-corrected chi connectivity index (χ2v) is 11.3. The zero-order valence-electron chi connectivity index (χ0n) is 22.8. The number of ether oxygens (including phenoxy) is 1. The topological polar surface area (TPSA) is 73.5 Å². The summed E-state index contributed by atoms with van der Waals surface area (Å²) in [5.74, 6) is 0. The smallest absolute Gasteiger partial charge is 0.408 e. The van der Waals surface area contributed by atoms with Crippen molar-refractivity contribution >= 4 is 11.7 Å². The Hall–Kier alpha value is -4.39. The summed E-state index contributed by atoms with van der Waals surface area (Å²) in [6.45, 7) is 5.65. The molecule has 0 aliphatic heterocycles. The molecule has 198 valence electrons. The van der Waals surface area contributed by atoms with E-state index in [-0.39, 0.29) is 11.6 Å². The molecule has 6 rings (SSSR count). The molecule has 1 amide bonds. The summed E-state index contributed by atoms with van der Waals surface area (Å²) in [6.07, 6.45) is 8.24. The number of fused-ring (bicyclic) bond motifs is 1. The molecule has 1 aliphatic rings. The molecule has 7 nitrogen and oxygen atoms in total. The van der Waals surface area contributed by atoms with Crippen molar-refractivity contribution in [1.29, 1.82) is 0 Å². The minimum absolute atomic E-state index is 0.373. The first-order valence-electron chi connectivity index (χ1n) is 13.4. The lowest BCUT2D eigenvalue weighted by molar-refractivity contribution is 0.0377. The van der Waals surface area contributed by atoms with Crippen LogP contribution in [0.3, 0.4) is 0 Å². The van der Waals surface area contributed by atoms with Crippen LogP contribution in [0.15, 0.2) is 85.5 Å². The van der Waals surface area contributed by atoms with E-state index in [0.717, 1.165) is 64.2 Å². The summed E-state index contributed by atoms with van der Waals surface area (Å²) in [5.41, 5.74) is 7.21. The lowest BCUT2D eigenvalue weighted by Crippen LogP contribution is -2.52. The van der Waals surface area contributed by atoms with Crippen molar-refractivity contribution in [2.24, 2.45) is 7.05 Å². The summed E-state index contributed by atoms with van der Waals surface area (Å²) < 4.78 is 9.71. The van der Waals surface area contributed by atoms with Crippen molar-refractivity contribution in [3.05, 3.63) is 91.0 Å². The fourth-order valence-corrected chi connectivity index (χ4v) is 5.37. The maximum Gasteiger partial charge on any atom is 0.408 e. The standard InChI is InChI=1S/C32H33N5O2/c1-31(2,3)39-30(38)35-32(16-8-17-32)25-13-11-22(12-14-25)28-29(23-9-6-5-7-10-23)37-18-15-24(19-27(37)34-28)26-20-33-21-36(26)4/h5-7,9-15,18-21H,8,16-17H2,1-4H3,(H,35,38). The number of aryl methyl sites for hydroxylation is 1. The van der Waals surface area contributed by atoms with Crippen molar-refractivity contribution in [3.63, 3.8) is 0 Å². The molecule has 0 unspecified atom stereocenters. The minimum Gasteiger partial charge on any atom is -0.444 e. The van der Waals surface area contributed by atoms with Gasteiger partial charge in [0.1, 0.15) is 11.2 Å². The van der Waals surface area contributed by atoms with Crippen LogP contribution >= 0.6 is 0 Å². The summed E-state index contributed by atoms with van der Waals surface area (Å²) in [7, 11) is 1.99. The first-order chi connectivity index (χ1) is 18.7. The first-order valence-corrected chi connectivity index (χ1v) is 13.4. The van der Waals surface area contributed by atoms with E-state index < -0.39 is 5.60 Å². The number of hydrogen-bond donors (Lipinski definition) is 1. The van der Waals surface area contributed by atoms with Crippen molar-refractivity contribution in [2.75, 3.05) is 0 Å². The SMILES string of the molecule is Cn1cncc1-c1ccn2c(-c3ccccc3)c(-c3ccc(C4(NC(=O)OC(C)(C)C)CCC4)cc3)nc2c1. The number of benzene rings is 2. The number of amides is 1. The Morgan fingerprint density at radius 3 is 2.33 bits per heavy atom. The summed E-state index contributed by atoms with van der Waals surface area (Å²) >= 11 is 0. The molecule has 3 heterocycles. The molecule has 0 bridgehead atoms. The van der Waals surface area contributed by atoms with Crippen LogP contribution in [0.25, 0.3) is 39.4 Å². The number of nitrogens with one attached hydrogen (secondary N) is 1. The quantitative estimate of drug-likeness (QED) is 0.272. The highest BCUT2D eigenvalue weighted by molar-refractivity contribution is 5.83. The van der Waals surface area contributed by atoms with Crippen LogP contribution in [0.4, 0.5) is 4.79 Å². The van der Waals surface area contributed by atoms with Crippen LogP contribution in [-0.2, 0) is 17.3 Å². The number of carbonyl (C=O) groups is 1. The van der Waals surface area contributed by atoms with Gasteiger partial charge in [0.25, 0.3) is 0 Å². The Morgan fingerprint density at radius 2 is 1.72 bits per heavy atom. The van der Waals surface area contributed by atoms with Crippen LogP contribution in [-0.4, -0.2) is 30.6 Å². The number of hydrogen-bond acceptors (Lipinski definition) is 4. The molecule has 0 radical (unpaired) electrons. The van der Waals surface area contributed by atoms with Gasteiger partial charge in [0.15, 0.2) is 0 Å². The largest absolute Gasteiger partial charge is 0.444 e. The number of alkyl carbamates (subject to hydrolysis) is 1. The van der Waals surface area contributed by atoms with E-state index in [0.29, 0.717) is 0 Å². The van der Waals surface area contributed by atoms with Crippen LogP contribution < -0.4 is 5.32 Å². The fraction of sp³-hybridized carbons (Fsp3) is 0.281. The molecule has 0 atom stereocenters. The van der Waals surface area contributed by atoms with Crippen LogP contribution in [0.5, 0.6) is 0 Å². The van der Waals surface area contributed by atoms with Crippen molar-refractivity contribution < 1.29 is 9.53 Å². The molecule has 39 heavy (non-hydrogen) atoms. The maximum atomic E-state index is 12.6. The molecule has 1 N–H and O–H groups in total. The molecule has 3 aromatic heterocycles. The van der Waals surface area contributed by atoms with E-state index in [2.05, 4.69) is 69.4 Å². The van der Waals surface area contributed by atoms with Gasteiger partial charge in [-0.15, -0.1) is 0 Å². The minimum atomic E-state index is -0.535. The van der Waals surface area contributed by atoms with Gasteiger partial charge in [0.2, 0.25) is 0 Å². The van der Waals surface area contributed by atoms with Gasteiger partial charge in [-0.2, -0.15) is 0 Å². The van der Waals surface area contributed by atoms with Crippen LogP contribution in [0, 0.1) is 0 Å². The maximum absolute atomic E-state index is 12.6. The molecule has 0 saturated heterocycles. The third kappa shape index (κ3) is 4.69. The number of rotatable bonds is 5. The Balaban J connectivity index is 1.39. The first kappa shape index (κ1) is 24.9. The number of pyridine rings is 1. The molecule has 0 spiro atoms. The second-order valence-electron chi connectivity index (χ2n) is 11.3. The predicted octanol–water partition coefficient (Wildman–Crippen LogP) is 6.97. The summed E-state index contributed by atoms with van der Waals surface area (Å²) in [4.78, 5) is 22.0. The van der Waals surface area contributed by atoms with E-state index in [1.54, 1.807) is 6.33 Å². The van der Waals surface area contributed by atoms with Crippen molar-refractivity contribution in [2.45, 2.75) is 51.2 Å². The lowest BCUT2D eigenvalue weighted by Gasteiger charge is -2.43. The monoisotopic (exact) mass is 519 g/mol. The Bertz CT molecular complexity index is 1640. The fourth-order valence-electron chi connectivity index (χ4n) is 5.37. The van der Waals surface area contributed by atoms with E-state index in [1.807, 2.05) is 56.8 Å². The van der Waals surface area contributed by atoms with Gasteiger partial charge in [0, 0.05) is 29.9 Å². The summed E-state index contributed by atoms with van der Waals surface area (Å²) in [5, 5.41) is 3.16. The number of nitrogens with zero attached hydrogens (tertiary/aromatic N) is 4. The van der Waals surface area contributed by atoms with E-state index >= 15 is 0 Å². The number of imidazole rings is 2. The molecule has 2 aromatic carbocycles. The zero-order valence-corrected chi connectivity index (χ0v) is 22.8. The molecular formula is C32H33N5O2. The number of carbonyl (C=O) groups excluding carboxylic acids is 1. The highest BCUT2D eigenvalue weighted by Gasteiger charge is 2.41. The lowest BCUT2D eigenvalue weighted by atomic mass is 9.71. The van der Waals surface area contributed by atoms with Crippen LogP contribution in [0.2, 0.25) is 0 Å². The molecule has 1 saturated carbocycles. The highest BCUT2D eigenvalue weighted by Crippen LogP contribution is 2.42. The van der Waals surface area contributed by atoms with Crippen molar-refractivity contribution in [3.8, 4) is 33.8 Å². The number of aromatic nitrogens is 4. The van der Waals surface area contributed by atoms with E-state index in [1.165, 1.54) is 0 Å². The third-order valence-corrected chi connectivity index (χ3v) is 7.44. The second kappa shape index (κ2) is 9.42. The van der Waals surface area contributed by atoms with Crippen LogP contribution in [0.1, 0.15) is 45.6 Å². The van der Waals surface area contributed by atoms with Gasteiger partial charge < -0.3 is 14.6 Å². The van der Waals surface area contributed by atoms with Crippen molar-refractivity contribution in [1.82, 2.24) is 24.3 Å². The Morgan fingerprint density at radius 1 is 0.974 bits per heavy atom. The molecule has 1 fully saturated rings. The predicted molar refractivity (Wildman–Crippen MR) is 153 cm³/mol. The van der Waals surface area contributed by atoms with Gasteiger partial charge in [-0.1, -0.05) is 54.6 Å². The van der Waals surface area contributed by atoms with E-state index in [4.69, 9.17) is 9.72 Å². The highest BCUT2D eigenvalue weighted by atomic mass is 16.6. The van der Waals surface area contributed by atoms with Gasteiger partial charge in [-0.3, -0.25) is 4.40 Å². The normalized spacial score (nSPS) is 14.7. The summed E-state index contributed by atoms with van der Waals surface area (Å²) in [6, 6.07) is 23.0. The van der Waals surface area contributed by atoms with Gasteiger partial charge >= 0.3 is 6.09 Å². The van der Waals surface area contributed by atoms with Gasteiger partial charge in [-0.25, -0.2) is 14.8 Å². The molecule has 7 heteroatoms. The molecule has 5 aromatic rings. The molecule has 1 aliphatic carbocycles. The Kier molecular flexibility index (Phi) is 6.02. The third-order valence-electron chi connectivity index (χ3n) is 7.44. The molecular weight excluding hydrogens is 486 g/mol. The zero-order chi connectivity index (χ0) is 27.2.